The van der Waals surface area contributed by atoms with E-state index in [-0.39, 0.29) is 23.5 Å². The van der Waals surface area contributed by atoms with Gasteiger partial charge in [0.05, 0.1) is 5.75 Å². The molecule has 4 N–H and O–H groups in total. The molecule has 0 aromatic heterocycles. The third-order valence-electron chi connectivity index (χ3n) is 4.21. The summed E-state index contributed by atoms with van der Waals surface area (Å²) in [6, 6.07) is -0.240. The largest absolute Gasteiger partial charge is 0.409 e. The number of hydrogen-bond donors (Lipinski definition) is 3. The van der Waals surface area contributed by atoms with Gasteiger partial charge in [-0.2, -0.15) is 0 Å². The summed E-state index contributed by atoms with van der Waals surface area (Å²) in [5.41, 5.74) is 5.61. The van der Waals surface area contributed by atoms with Gasteiger partial charge in [-0.25, -0.2) is 8.42 Å². The summed E-state index contributed by atoms with van der Waals surface area (Å²) in [4.78, 5) is 12.2. The van der Waals surface area contributed by atoms with E-state index < -0.39 is 21.0 Å². The van der Waals surface area contributed by atoms with Gasteiger partial charge in [0, 0.05) is 12.0 Å². The summed E-state index contributed by atoms with van der Waals surface area (Å²) < 4.78 is 23.8. The Morgan fingerprint density at radius 1 is 1.20 bits per heavy atom. The quantitative estimate of drug-likeness (QED) is 0.293. The highest BCUT2D eigenvalue weighted by molar-refractivity contribution is 7.92. The van der Waals surface area contributed by atoms with E-state index in [4.69, 9.17) is 10.9 Å². The van der Waals surface area contributed by atoms with Gasteiger partial charge >= 0.3 is 0 Å². The standard InChI is InChI=1S/C12H21N3O4S/c13-11(15-17)8-4-3-5-9(8)14-12(16)10-6-1-2-7-20(10,18)19/h8-10,17H,1-7H2,(H2,13,15)(H,14,16). The molecule has 0 aromatic carbocycles. The number of rotatable bonds is 3. The Morgan fingerprint density at radius 3 is 2.60 bits per heavy atom. The van der Waals surface area contributed by atoms with Crippen LogP contribution in [-0.4, -0.2) is 42.4 Å². The van der Waals surface area contributed by atoms with Gasteiger partial charge in [-0.05, 0) is 25.7 Å². The molecule has 0 spiro atoms. The molecule has 0 radical (unpaired) electrons. The number of carbonyl (C=O) groups excluding carboxylic acids is 1. The molecular weight excluding hydrogens is 282 g/mol. The molecule has 1 saturated carbocycles. The predicted molar refractivity (Wildman–Crippen MR) is 74.1 cm³/mol. The van der Waals surface area contributed by atoms with E-state index in [1.165, 1.54) is 0 Å². The number of amides is 1. The Bertz CT molecular complexity index is 503. The molecule has 20 heavy (non-hydrogen) atoms. The fraction of sp³-hybridized carbons (Fsp3) is 0.833. The van der Waals surface area contributed by atoms with Crippen molar-refractivity contribution < 1.29 is 18.4 Å². The molecule has 114 valence electrons. The molecule has 1 aliphatic carbocycles. The van der Waals surface area contributed by atoms with Crippen molar-refractivity contribution in [2.45, 2.75) is 49.8 Å². The zero-order valence-electron chi connectivity index (χ0n) is 11.3. The van der Waals surface area contributed by atoms with E-state index in [1.807, 2.05) is 0 Å². The fourth-order valence-corrected chi connectivity index (χ4v) is 4.90. The van der Waals surface area contributed by atoms with Crippen LogP contribution in [0.3, 0.4) is 0 Å². The first-order valence-corrected chi connectivity index (χ1v) is 8.66. The minimum Gasteiger partial charge on any atom is -0.409 e. The molecule has 0 bridgehead atoms. The lowest BCUT2D eigenvalue weighted by Crippen LogP contribution is -2.49. The number of nitrogens with zero attached hydrogens (tertiary/aromatic N) is 1. The molecule has 1 saturated heterocycles. The predicted octanol–water partition coefficient (Wildman–Crippen LogP) is -0.0150. The monoisotopic (exact) mass is 303 g/mol. The van der Waals surface area contributed by atoms with Crippen LogP contribution in [-0.2, 0) is 14.6 Å². The van der Waals surface area contributed by atoms with Crippen molar-refractivity contribution in [1.82, 2.24) is 5.32 Å². The number of sulfone groups is 1. The van der Waals surface area contributed by atoms with Crippen molar-refractivity contribution in [2.75, 3.05) is 5.75 Å². The van der Waals surface area contributed by atoms with Crippen LogP contribution in [0, 0.1) is 5.92 Å². The van der Waals surface area contributed by atoms with Crippen LogP contribution in [0.5, 0.6) is 0 Å². The molecule has 2 fully saturated rings. The smallest absolute Gasteiger partial charge is 0.238 e. The summed E-state index contributed by atoms with van der Waals surface area (Å²) in [5.74, 6) is -0.471. The maximum absolute atomic E-state index is 12.2. The third-order valence-corrected chi connectivity index (χ3v) is 6.38. The number of nitrogens with two attached hydrogens (primary N) is 1. The van der Waals surface area contributed by atoms with Crippen molar-refractivity contribution >= 4 is 21.6 Å². The lowest BCUT2D eigenvalue weighted by Gasteiger charge is -2.25. The van der Waals surface area contributed by atoms with E-state index >= 15 is 0 Å². The highest BCUT2D eigenvalue weighted by atomic mass is 32.2. The first-order chi connectivity index (χ1) is 9.45. The maximum atomic E-state index is 12.2. The van der Waals surface area contributed by atoms with Gasteiger partial charge < -0.3 is 16.3 Å². The van der Waals surface area contributed by atoms with Gasteiger partial charge in [-0.1, -0.05) is 18.0 Å². The normalized spacial score (nSPS) is 33.8. The highest BCUT2D eigenvalue weighted by Crippen LogP contribution is 2.27. The summed E-state index contributed by atoms with van der Waals surface area (Å²) in [6.07, 6.45) is 4.09. The molecule has 3 atom stereocenters. The first-order valence-electron chi connectivity index (χ1n) is 6.95. The van der Waals surface area contributed by atoms with Crippen molar-refractivity contribution in [3.8, 4) is 0 Å². The fourth-order valence-electron chi connectivity index (χ4n) is 3.09. The highest BCUT2D eigenvalue weighted by Gasteiger charge is 2.38. The van der Waals surface area contributed by atoms with Gasteiger partial charge in [0.15, 0.2) is 9.84 Å². The Kier molecular flexibility index (Phi) is 4.52. The summed E-state index contributed by atoms with van der Waals surface area (Å²) in [7, 11) is -3.33. The van der Waals surface area contributed by atoms with Crippen LogP contribution in [0.25, 0.3) is 0 Å². The van der Waals surface area contributed by atoms with E-state index in [9.17, 15) is 13.2 Å². The van der Waals surface area contributed by atoms with Crippen LogP contribution in [0.4, 0.5) is 0 Å². The third kappa shape index (κ3) is 3.05. The van der Waals surface area contributed by atoms with E-state index in [0.29, 0.717) is 12.8 Å². The molecule has 7 nitrogen and oxygen atoms in total. The SMILES string of the molecule is NC(=NO)C1CCCC1NC(=O)C1CCCCS1(=O)=O. The van der Waals surface area contributed by atoms with Gasteiger partial charge in [-0.3, -0.25) is 4.79 Å². The van der Waals surface area contributed by atoms with Crippen molar-refractivity contribution in [3.05, 3.63) is 0 Å². The summed E-state index contributed by atoms with van der Waals surface area (Å²) in [6.45, 7) is 0. The van der Waals surface area contributed by atoms with Crippen molar-refractivity contribution in [3.63, 3.8) is 0 Å². The second-order valence-corrected chi connectivity index (χ2v) is 7.83. The average Bonchev–Trinajstić information content (AvgIpc) is 2.85. The van der Waals surface area contributed by atoms with Gasteiger partial charge in [0.25, 0.3) is 0 Å². The van der Waals surface area contributed by atoms with Crippen molar-refractivity contribution in [1.29, 1.82) is 0 Å². The van der Waals surface area contributed by atoms with Crippen LogP contribution in [0.2, 0.25) is 0 Å². The zero-order valence-corrected chi connectivity index (χ0v) is 12.1. The maximum Gasteiger partial charge on any atom is 0.238 e. The minimum atomic E-state index is -3.33. The van der Waals surface area contributed by atoms with E-state index in [1.54, 1.807) is 0 Å². The van der Waals surface area contributed by atoms with Crippen molar-refractivity contribution in [2.24, 2.45) is 16.8 Å². The lowest BCUT2D eigenvalue weighted by atomic mass is 10.0. The van der Waals surface area contributed by atoms with Crippen LogP contribution < -0.4 is 11.1 Å². The minimum absolute atomic E-state index is 0.0828. The molecule has 1 heterocycles. The summed E-state index contributed by atoms with van der Waals surface area (Å²) in [5, 5.41) is 13.6. The van der Waals surface area contributed by atoms with Gasteiger partial charge in [0.1, 0.15) is 11.1 Å². The van der Waals surface area contributed by atoms with Gasteiger partial charge in [-0.15, -0.1) is 0 Å². The molecule has 8 heteroatoms. The zero-order chi connectivity index (χ0) is 14.8. The van der Waals surface area contributed by atoms with E-state index in [0.717, 1.165) is 25.7 Å². The molecular formula is C12H21N3O4S. The molecule has 2 rings (SSSR count). The lowest BCUT2D eigenvalue weighted by molar-refractivity contribution is -0.121. The van der Waals surface area contributed by atoms with Crippen LogP contribution in [0.15, 0.2) is 5.16 Å². The topological polar surface area (TPSA) is 122 Å². The van der Waals surface area contributed by atoms with Crippen LogP contribution in [0.1, 0.15) is 38.5 Å². The average molecular weight is 303 g/mol. The number of nitrogens with one attached hydrogen (secondary N) is 1. The van der Waals surface area contributed by atoms with E-state index in [2.05, 4.69) is 10.5 Å². The number of hydrogen-bond acceptors (Lipinski definition) is 5. The second-order valence-electron chi connectivity index (χ2n) is 5.53. The number of amidine groups is 1. The van der Waals surface area contributed by atoms with Crippen LogP contribution >= 0.6 is 0 Å². The number of carbonyl (C=O) groups is 1. The second kappa shape index (κ2) is 5.99. The Hall–Kier alpha value is -1.31. The molecule has 2 aliphatic rings. The Labute approximate surface area is 118 Å². The molecule has 1 aliphatic heterocycles. The summed E-state index contributed by atoms with van der Waals surface area (Å²) >= 11 is 0. The first kappa shape index (κ1) is 15.1. The number of oxime groups is 1. The Morgan fingerprint density at radius 2 is 1.95 bits per heavy atom. The Balaban J connectivity index is 2.04. The molecule has 0 aromatic rings. The van der Waals surface area contributed by atoms with Gasteiger partial charge in [0.2, 0.25) is 5.91 Å². The molecule has 3 unspecified atom stereocenters. The molecule has 1 amide bonds.